The molecule has 0 radical (unpaired) electrons. The van der Waals surface area contributed by atoms with Crippen molar-refractivity contribution in [2.75, 3.05) is 20.1 Å². The van der Waals surface area contributed by atoms with Crippen LogP contribution in [0.25, 0.3) is 0 Å². The number of amides is 4. The van der Waals surface area contributed by atoms with Crippen molar-refractivity contribution in [2.45, 2.75) is 38.1 Å². The van der Waals surface area contributed by atoms with E-state index in [-0.39, 0.29) is 25.7 Å². The topological polar surface area (TPSA) is 114 Å². The summed E-state index contributed by atoms with van der Waals surface area (Å²) in [5.41, 5.74) is 1.79. The third kappa shape index (κ3) is 4.97. The highest BCUT2D eigenvalue weighted by Gasteiger charge is 2.52. The Bertz CT molecular complexity index is 1100. The zero-order valence-corrected chi connectivity index (χ0v) is 19.7. The van der Waals surface area contributed by atoms with Crippen molar-refractivity contribution < 1.29 is 24.3 Å². The van der Waals surface area contributed by atoms with Crippen molar-refractivity contribution in [3.05, 3.63) is 71.8 Å². The zero-order chi connectivity index (χ0) is 25.1. The summed E-state index contributed by atoms with van der Waals surface area (Å²) in [4.78, 5) is 54.3. The Labute approximate surface area is 203 Å². The number of carboxylic acid groups (broad SMARTS) is 1. The second kappa shape index (κ2) is 10.1. The number of aliphatic carboxylic acids is 1. The van der Waals surface area contributed by atoms with Crippen LogP contribution < -0.4 is 5.32 Å². The van der Waals surface area contributed by atoms with Crippen molar-refractivity contribution in [3.8, 4) is 0 Å². The molecule has 4 amide bonds. The average Bonchev–Trinajstić information content (AvgIpc) is 2.84. The molecule has 0 aromatic heterocycles. The molecule has 2 fully saturated rings. The van der Waals surface area contributed by atoms with Gasteiger partial charge in [0.1, 0.15) is 12.2 Å². The fourth-order valence-corrected chi connectivity index (χ4v) is 4.74. The van der Waals surface area contributed by atoms with Gasteiger partial charge in [-0.25, -0.2) is 14.8 Å². The van der Waals surface area contributed by atoms with Crippen LogP contribution in [0, 0.1) is 0 Å². The van der Waals surface area contributed by atoms with Gasteiger partial charge < -0.3 is 20.2 Å². The third-order valence-corrected chi connectivity index (χ3v) is 6.50. The first-order valence-corrected chi connectivity index (χ1v) is 11.5. The molecule has 2 aromatic carbocycles. The molecule has 184 valence electrons. The monoisotopic (exact) mass is 479 g/mol. The fourth-order valence-electron chi connectivity index (χ4n) is 4.74. The largest absolute Gasteiger partial charge is 0.481 e. The molecular formula is C25H29N5O5. The lowest BCUT2D eigenvalue weighted by molar-refractivity contribution is -0.190. The molecular weight excluding hydrogens is 450 g/mol. The summed E-state index contributed by atoms with van der Waals surface area (Å²) >= 11 is 0. The maximum atomic E-state index is 13.5. The number of urea groups is 1. The van der Waals surface area contributed by atoms with Gasteiger partial charge in [0.2, 0.25) is 11.8 Å². The SMILES string of the molecule is C[C@@H](c1ccccc1)N1C[C@H]2N(C(=O)CN(C)N2C(=O)NCc2ccccc2)[C@@H](CC(=O)O)C1=O. The molecule has 2 aliphatic rings. The van der Waals surface area contributed by atoms with Gasteiger partial charge >= 0.3 is 12.0 Å². The number of carbonyl (C=O) groups excluding carboxylic acids is 3. The summed E-state index contributed by atoms with van der Waals surface area (Å²) < 4.78 is 0. The predicted molar refractivity (Wildman–Crippen MR) is 126 cm³/mol. The maximum Gasteiger partial charge on any atom is 0.334 e. The minimum Gasteiger partial charge on any atom is -0.481 e. The number of rotatable bonds is 6. The quantitative estimate of drug-likeness (QED) is 0.652. The summed E-state index contributed by atoms with van der Waals surface area (Å²) in [6.45, 7) is 2.05. The number of fused-ring (bicyclic) bond motifs is 1. The molecule has 0 bridgehead atoms. The molecule has 0 saturated carbocycles. The summed E-state index contributed by atoms with van der Waals surface area (Å²) in [7, 11) is 1.63. The summed E-state index contributed by atoms with van der Waals surface area (Å²) in [5, 5.41) is 15.3. The number of nitrogens with one attached hydrogen (secondary N) is 1. The van der Waals surface area contributed by atoms with E-state index in [0.717, 1.165) is 11.1 Å². The molecule has 10 heteroatoms. The van der Waals surface area contributed by atoms with E-state index in [9.17, 15) is 24.3 Å². The lowest BCUT2D eigenvalue weighted by atomic mass is 9.99. The fraction of sp³-hybridized carbons (Fsp3) is 0.360. The van der Waals surface area contributed by atoms with Crippen LogP contribution in [0.5, 0.6) is 0 Å². The normalized spacial score (nSPS) is 21.5. The molecule has 35 heavy (non-hydrogen) atoms. The standard InChI is InChI=1S/C25H29N5O5/c1-17(19-11-7-4-8-12-19)28-15-21-29(20(24(28)34)13-23(32)33)22(31)16-27(2)30(21)25(35)26-14-18-9-5-3-6-10-18/h3-12,17,20-21H,13-16H2,1-2H3,(H,26,35)(H,32,33)/t17-,20-,21-/m0/s1. The van der Waals surface area contributed by atoms with Gasteiger partial charge in [-0.3, -0.25) is 14.4 Å². The second-order valence-electron chi connectivity index (χ2n) is 8.78. The van der Waals surface area contributed by atoms with Crippen LogP contribution >= 0.6 is 0 Å². The van der Waals surface area contributed by atoms with Crippen LogP contribution in [-0.4, -0.2) is 81.1 Å². The average molecular weight is 480 g/mol. The van der Waals surface area contributed by atoms with Crippen LogP contribution in [0.15, 0.2) is 60.7 Å². The Hall–Kier alpha value is -3.92. The third-order valence-electron chi connectivity index (χ3n) is 6.50. The molecule has 0 unspecified atom stereocenters. The van der Waals surface area contributed by atoms with E-state index in [1.807, 2.05) is 67.6 Å². The first-order valence-electron chi connectivity index (χ1n) is 11.5. The van der Waals surface area contributed by atoms with Crippen molar-refractivity contribution in [1.29, 1.82) is 0 Å². The van der Waals surface area contributed by atoms with E-state index in [1.165, 1.54) is 14.9 Å². The van der Waals surface area contributed by atoms with E-state index >= 15 is 0 Å². The van der Waals surface area contributed by atoms with Crippen LogP contribution in [0.4, 0.5) is 4.79 Å². The smallest absolute Gasteiger partial charge is 0.334 e. The van der Waals surface area contributed by atoms with E-state index < -0.39 is 42.4 Å². The Morgan fingerprint density at radius 3 is 2.31 bits per heavy atom. The lowest BCUT2D eigenvalue weighted by Gasteiger charge is -2.55. The molecule has 3 atom stereocenters. The highest BCUT2D eigenvalue weighted by atomic mass is 16.4. The second-order valence-corrected chi connectivity index (χ2v) is 8.78. The minimum atomic E-state index is -1.21. The number of hydrogen-bond acceptors (Lipinski definition) is 5. The van der Waals surface area contributed by atoms with Gasteiger partial charge in [0.15, 0.2) is 0 Å². The highest BCUT2D eigenvalue weighted by molar-refractivity contribution is 5.93. The summed E-state index contributed by atoms with van der Waals surface area (Å²) in [6.07, 6.45) is -1.38. The summed E-state index contributed by atoms with van der Waals surface area (Å²) in [5.74, 6) is -2.03. The Balaban J connectivity index is 1.65. The molecule has 0 spiro atoms. The van der Waals surface area contributed by atoms with Crippen LogP contribution in [-0.2, 0) is 20.9 Å². The Morgan fingerprint density at radius 2 is 1.69 bits per heavy atom. The van der Waals surface area contributed by atoms with Crippen LogP contribution in [0.3, 0.4) is 0 Å². The van der Waals surface area contributed by atoms with Gasteiger partial charge in [-0.05, 0) is 18.1 Å². The van der Waals surface area contributed by atoms with Gasteiger partial charge in [0.05, 0.1) is 25.6 Å². The van der Waals surface area contributed by atoms with Gasteiger partial charge in [-0.15, -0.1) is 0 Å². The van der Waals surface area contributed by atoms with Gasteiger partial charge in [-0.1, -0.05) is 60.7 Å². The number of likely N-dealkylation sites (N-methyl/N-ethyl adjacent to an activating group) is 1. The molecule has 10 nitrogen and oxygen atoms in total. The molecule has 2 aromatic rings. The van der Waals surface area contributed by atoms with Crippen molar-refractivity contribution in [1.82, 2.24) is 25.1 Å². The van der Waals surface area contributed by atoms with Crippen LogP contribution in [0.1, 0.15) is 30.5 Å². The summed E-state index contributed by atoms with van der Waals surface area (Å²) in [6, 6.07) is 16.8. The zero-order valence-electron chi connectivity index (χ0n) is 19.7. The number of piperazine rings is 1. The van der Waals surface area contributed by atoms with E-state index in [1.54, 1.807) is 11.9 Å². The number of hydrazine groups is 1. The predicted octanol–water partition coefficient (Wildman–Crippen LogP) is 1.66. The Morgan fingerprint density at radius 1 is 1.06 bits per heavy atom. The van der Waals surface area contributed by atoms with E-state index in [0.29, 0.717) is 0 Å². The number of nitrogens with zero attached hydrogens (tertiary/aromatic N) is 4. The van der Waals surface area contributed by atoms with E-state index in [2.05, 4.69) is 5.32 Å². The van der Waals surface area contributed by atoms with Crippen LogP contribution in [0.2, 0.25) is 0 Å². The highest BCUT2D eigenvalue weighted by Crippen LogP contribution is 2.32. The minimum absolute atomic E-state index is 0.0554. The number of benzene rings is 2. The van der Waals surface area contributed by atoms with Gasteiger partial charge in [0, 0.05) is 13.6 Å². The number of hydrogen-bond donors (Lipinski definition) is 2. The first-order chi connectivity index (χ1) is 16.8. The molecule has 0 aliphatic carbocycles. The Kier molecular flexibility index (Phi) is 7.02. The molecule has 2 heterocycles. The molecule has 2 aliphatic heterocycles. The van der Waals surface area contributed by atoms with Crippen molar-refractivity contribution in [3.63, 3.8) is 0 Å². The van der Waals surface area contributed by atoms with Crippen molar-refractivity contribution >= 4 is 23.8 Å². The lowest BCUT2D eigenvalue weighted by Crippen LogP contribution is -2.76. The molecule has 2 N–H and O–H groups in total. The number of carboxylic acids is 1. The van der Waals surface area contributed by atoms with Gasteiger partial charge in [0.25, 0.3) is 0 Å². The van der Waals surface area contributed by atoms with E-state index in [4.69, 9.17) is 0 Å². The maximum absolute atomic E-state index is 13.5. The molecule has 2 saturated heterocycles. The number of carbonyl (C=O) groups is 4. The van der Waals surface area contributed by atoms with Crippen molar-refractivity contribution in [2.24, 2.45) is 0 Å². The molecule has 4 rings (SSSR count). The van der Waals surface area contributed by atoms with Gasteiger partial charge in [-0.2, -0.15) is 0 Å². The first kappa shape index (κ1) is 24.2.